The Kier molecular flexibility index (Phi) is 4.40. The molecule has 0 saturated heterocycles. The van der Waals surface area contributed by atoms with Crippen LogP contribution in [0.2, 0.25) is 5.02 Å². The second kappa shape index (κ2) is 6.46. The number of aromatic nitrogens is 3. The van der Waals surface area contributed by atoms with Crippen molar-refractivity contribution in [3.63, 3.8) is 0 Å². The van der Waals surface area contributed by atoms with E-state index in [1.54, 1.807) is 12.1 Å². The molecule has 1 aromatic heterocycles. The number of aliphatic hydroxyl groups is 1. The normalized spacial score (nSPS) is 21.5. The second-order valence-corrected chi connectivity index (χ2v) is 5.84. The molecule has 7 heteroatoms. The van der Waals surface area contributed by atoms with E-state index < -0.39 is 6.10 Å². The number of halogens is 1. The fourth-order valence-electron chi connectivity index (χ4n) is 2.65. The molecule has 2 unspecified atom stereocenters. The molecule has 1 heterocycles. The molecule has 22 heavy (non-hydrogen) atoms. The van der Waals surface area contributed by atoms with Crippen molar-refractivity contribution >= 4 is 17.5 Å². The van der Waals surface area contributed by atoms with Crippen molar-refractivity contribution in [2.24, 2.45) is 0 Å². The van der Waals surface area contributed by atoms with Crippen LogP contribution in [0.4, 0.5) is 0 Å². The van der Waals surface area contributed by atoms with Gasteiger partial charge in [-0.15, -0.1) is 5.10 Å². The SMILES string of the molecule is O=C(NC1CCCCC1O)c1cn(-c2ccccc2Cl)nn1. The van der Waals surface area contributed by atoms with Gasteiger partial charge in [0.25, 0.3) is 5.91 Å². The molecule has 2 atom stereocenters. The Hall–Kier alpha value is -1.92. The minimum Gasteiger partial charge on any atom is -0.391 e. The number of nitrogens with one attached hydrogen (secondary N) is 1. The van der Waals surface area contributed by atoms with E-state index in [0.29, 0.717) is 10.7 Å². The summed E-state index contributed by atoms with van der Waals surface area (Å²) in [5.74, 6) is -0.329. The molecule has 1 aliphatic rings. The minimum atomic E-state index is -0.490. The number of amides is 1. The van der Waals surface area contributed by atoms with E-state index in [1.165, 1.54) is 10.9 Å². The van der Waals surface area contributed by atoms with E-state index in [-0.39, 0.29) is 17.6 Å². The summed E-state index contributed by atoms with van der Waals surface area (Å²) in [4.78, 5) is 12.2. The summed E-state index contributed by atoms with van der Waals surface area (Å²) >= 11 is 6.10. The first-order valence-electron chi connectivity index (χ1n) is 7.31. The van der Waals surface area contributed by atoms with Gasteiger partial charge in [0.15, 0.2) is 5.69 Å². The van der Waals surface area contributed by atoms with Crippen LogP contribution in [-0.4, -0.2) is 38.2 Å². The van der Waals surface area contributed by atoms with Gasteiger partial charge in [-0.2, -0.15) is 0 Å². The summed E-state index contributed by atoms with van der Waals surface area (Å²) in [6.45, 7) is 0. The zero-order chi connectivity index (χ0) is 15.5. The number of rotatable bonds is 3. The van der Waals surface area contributed by atoms with E-state index in [2.05, 4.69) is 15.6 Å². The largest absolute Gasteiger partial charge is 0.391 e. The molecule has 1 saturated carbocycles. The third-order valence-electron chi connectivity index (χ3n) is 3.87. The summed E-state index contributed by atoms with van der Waals surface area (Å²) in [6, 6.07) is 6.98. The summed E-state index contributed by atoms with van der Waals surface area (Å²) in [5, 5.41) is 21.1. The molecule has 2 N–H and O–H groups in total. The van der Waals surface area contributed by atoms with Crippen LogP contribution in [-0.2, 0) is 0 Å². The van der Waals surface area contributed by atoms with Gasteiger partial charge in [0, 0.05) is 0 Å². The Labute approximate surface area is 133 Å². The average molecular weight is 321 g/mol. The van der Waals surface area contributed by atoms with Crippen LogP contribution in [0.15, 0.2) is 30.5 Å². The molecule has 0 spiro atoms. The molecule has 6 nitrogen and oxygen atoms in total. The number of hydrogen-bond donors (Lipinski definition) is 2. The van der Waals surface area contributed by atoms with Crippen molar-refractivity contribution in [2.45, 2.75) is 37.8 Å². The Morgan fingerprint density at radius 2 is 2.09 bits per heavy atom. The number of para-hydroxylation sites is 1. The lowest BCUT2D eigenvalue weighted by atomic mass is 9.92. The van der Waals surface area contributed by atoms with Crippen molar-refractivity contribution in [2.75, 3.05) is 0 Å². The Morgan fingerprint density at radius 1 is 1.32 bits per heavy atom. The Morgan fingerprint density at radius 3 is 2.86 bits per heavy atom. The Balaban J connectivity index is 1.73. The lowest BCUT2D eigenvalue weighted by Crippen LogP contribution is -2.45. The maximum absolute atomic E-state index is 12.2. The molecule has 0 radical (unpaired) electrons. The van der Waals surface area contributed by atoms with Gasteiger partial charge in [-0.05, 0) is 25.0 Å². The number of hydrogen-bond acceptors (Lipinski definition) is 4. The summed E-state index contributed by atoms with van der Waals surface area (Å²) < 4.78 is 1.47. The standard InChI is InChI=1S/C15H17ClN4O2/c16-10-5-1-3-7-13(10)20-9-12(18-19-20)15(22)17-11-6-2-4-8-14(11)21/h1,3,5,7,9,11,14,21H,2,4,6,8H2,(H,17,22). The van der Waals surface area contributed by atoms with Crippen molar-refractivity contribution < 1.29 is 9.90 Å². The van der Waals surface area contributed by atoms with Gasteiger partial charge in [-0.25, -0.2) is 4.68 Å². The van der Waals surface area contributed by atoms with Crippen LogP contribution in [0.1, 0.15) is 36.2 Å². The highest BCUT2D eigenvalue weighted by atomic mass is 35.5. The molecule has 116 valence electrons. The van der Waals surface area contributed by atoms with Crippen LogP contribution in [0.25, 0.3) is 5.69 Å². The summed E-state index contributed by atoms with van der Waals surface area (Å²) in [5.41, 5.74) is 0.867. The molecule has 3 rings (SSSR count). The van der Waals surface area contributed by atoms with Crippen LogP contribution in [0.5, 0.6) is 0 Å². The van der Waals surface area contributed by atoms with Crippen LogP contribution >= 0.6 is 11.6 Å². The van der Waals surface area contributed by atoms with E-state index in [4.69, 9.17) is 11.6 Å². The van der Waals surface area contributed by atoms with Gasteiger partial charge < -0.3 is 10.4 Å². The average Bonchev–Trinajstić information content (AvgIpc) is 3.00. The van der Waals surface area contributed by atoms with Gasteiger partial charge >= 0.3 is 0 Å². The zero-order valence-corrected chi connectivity index (χ0v) is 12.7. The van der Waals surface area contributed by atoms with E-state index in [1.807, 2.05) is 12.1 Å². The first kappa shape index (κ1) is 15.0. The van der Waals surface area contributed by atoms with Crippen LogP contribution in [0, 0.1) is 0 Å². The highest BCUT2D eigenvalue weighted by molar-refractivity contribution is 6.32. The van der Waals surface area contributed by atoms with Gasteiger partial charge in [-0.1, -0.05) is 41.8 Å². The van der Waals surface area contributed by atoms with E-state index in [9.17, 15) is 9.90 Å². The molecule has 2 aromatic rings. The predicted octanol–water partition coefficient (Wildman–Crippen LogP) is 1.95. The maximum Gasteiger partial charge on any atom is 0.273 e. The van der Waals surface area contributed by atoms with Gasteiger partial charge in [-0.3, -0.25) is 4.79 Å². The predicted molar refractivity (Wildman–Crippen MR) is 82.1 cm³/mol. The number of benzene rings is 1. The maximum atomic E-state index is 12.2. The fourth-order valence-corrected chi connectivity index (χ4v) is 2.87. The second-order valence-electron chi connectivity index (χ2n) is 5.43. The van der Waals surface area contributed by atoms with Gasteiger partial charge in [0.05, 0.1) is 29.1 Å². The first-order valence-corrected chi connectivity index (χ1v) is 7.69. The lowest BCUT2D eigenvalue weighted by molar-refractivity contribution is 0.0713. The van der Waals surface area contributed by atoms with Crippen molar-refractivity contribution in [1.82, 2.24) is 20.3 Å². The fraction of sp³-hybridized carbons (Fsp3) is 0.400. The molecule has 1 aromatic carbocycles. The van der Waals surface area contributed by atoms with Crippen LogP contribution < -0.4 is 5.32 Å². The molecule has 1 fully saturated rings. The highest BCUT2D eigenvalue weighted by Crippen LogP contribution is 2.20. The van der Waals surface area contributed by atoms with Crippen LogP contribution in [0.3, 0.4) is 0 Å². The quantitative estimate of drug-likeness (QED) is 0.906. The third-order valence-corrected chi connectivity index (χ3v) is 4.19. The Bertz CT molecular complexity index is 673. The van der Waals surface area contributed by atoms with Crippen molar-refractivity contribution in [3.05, 3.63) is 41.2 Å². The number of nitrogens with zero attached hydrogens (tertiary/aromatic N) is 3. The lowest BCUT2D eigenvalue weighted by Gasteiger charge is -2.27. The number of aliphatic hydroxyl groups excluding tert-OH is 1. The monoisotopic (exact) mass is 320 g/mol. The van der Waals surface area contributed by atoms with E-state index in [0.717, 1.165) is 25.7 Å². The zero-order valence-electron chi connectivity index (χ0n) is 11.9. The highest BCUT2D eigenvalue weighted by Gasteiger charge is 2.25. The van der Waals surface area contributed by atoms with Gasteiger partial charge in [0.1, 0.15) is 0 Å². The number of carbonyl (C=O) groups excluding carboxylic acids is 1. The van der Waals surface area contributed by atoms with Crippen molar-refractivity contribution in [3.8, 4) is 5.69 Å². The molecular weight excluding hydrogens is 304 g/mol. The first-order chi connectivity index (χ1) is 10.6. The molecule has 1 amide bonds. The molecular formula is C15H17ClN4O2. The molecule has 0 aliphatic heterocycles. The summed E-state index contributed by atoms with van der Waals surface area (Å²) in [7, 11) is 0. The minimum absolute atomic E-state index is 0.206. The third kappa shape index (κ3) is 3.13. The molecule has 0 bridgehead atoms. The molecule has 1 aliphatic carbocycles. The van der Waals surface area contributed by atoms with Crippen molar-refractivity contribution in [1.29, 1.82) is 0 Å². The smallest absolute Gasteiger partial charge is 0.273 e. The number of carbonyl (C=O) groups is 1. The topological polar surface area (TPSA) is 80.0 Å². The summed E-state index contributed by atoms with van der Waals surface area (Å²) in [6.07, 6.45) is 4.55. The van der Waals surface area contributed by atoms with E-state index >= 15 is 0 Å². The van der Waals surface area contributed by atoms with Gasteiger partial charge in [0.2, 0.25) is 0 Å².